The van der Waals surface area contributed by atoms with Gasteiger partial charge in [-0.3, -0.25) is 0 Å². The van der Waals surface area contributed by atoms with E-state index in [2.05, 4.69) is 5.32 Å². The molecule has 0 heterocycles. The van der Waals surface area contributed by atoms with Gasteiger partial charge in [0.15, 0.2) is 0 Å². The third kappa shape index (κ3) is 2.93. The number of nitrogens with two attached hydrogens (primary N) is 1. The summed E-state index contributed by atoms with van der Waals surface area (Å²) in [5.41, 5.74) is 6.77. The number of halogens is 1. The van der Waals surface area contributed by atoms with Crippen LogP contribution in [0.3, 0.4) is 0 Å². The van der Waals surface area contributed by atoms with Crippen molar-refractivity contribution in [2.45, 2.75) is 44.6 Å². The Kier molecular flexibility index (Phi) is 3.76. The standard InChI is InChI=1S/C14H21FN2O/c1-10-7-13(12(16)8-11(10)15)17-9-14(18)5-3-2-4-6-14/h7-8,17-18H,2-6,9,16H2,1H3. The van der Waals surface area contributed by atoms with Crippen LogP contribution in [0, 0.1) is 12.7 Å². The highest BCUT2D eigenvalue weighted by Crippen LogP contribution is 2.29. The first-order valence-electron chi connectivity index (χ1n) is 6.52. The molecule has 0 unspecified atom stereocenters. The molecular weight excluding hydrogens is 231 g/mol. The van der Waals surface area contributed by atoms with E-state index in [1.807, 2.05) is 0 Å². The summed E-state index contributed by atoms with van der Waals surface area (Å²) < 4.78 is 13.3. The van der Waals surface area contributed by atoms with Crippen molar-refractivity contribution >= 4 is 11.4 Å². The molecule has 1 fully saturated rings. The average molecular weight is 252 g/mol. The van der Waals surface area contributed by atoms with Gasteiger partial charge in [-0.25, -0.2) is 4.39 Å². The highest BCUT2D eigenvalue weighted by molar-refractivity contribution is 5.67. The second kappa shape index (κ2) is 5.14. The number of rotatable bonds is 3. The smallest absolute Gasteiger partial charge is 0.128 e. The highest BCUT2D eigenvalue weighted by atomic mass is 19.1. The molecule has 4 N–H and O–H groups in total. The van der Waals surface area contributed by atoms with Crippen LogP contribution in [-0.4, -0.2) is 17.3 Å². The molecule has 3 nitrogen and oxygen atoms in total. The lowest BCUT2D eigenvalue weighted by atomic mass is 9.85. The Hall–Kier alpha value is -1.29. The van der Waals surface area contributed by atoms with Crippen LogP contribution in [0.1, 0.15) is 37.7 Å². The molecule has 0 amide bonds. The van der Waals surface area contributed by atoms with Crippen molar-refractivity contribution in [3.8, 4) is 0 Å². The van der Waals surface area contributed by atoms with Crippen molar-refractivity contribution in [3.63, 3.8) is 0 Å². The lowest BCUT2D eigenvalue weighted by molar-refractivity contribution is 0.0167. The van der Waals surface area contributed by atoms with Crippen molar-refractivity contribution in [2.24, 2.45) is 0 Å². The summed E-state index contributed by atoms with van der Waals surface area (Å²) in [7, 11) is 0. The molecule has 1 aromatic carbocycles. The Morgan fingerprint density at radius 2 is 2.00 bits per heavy atom. The van der Waals surface area contributed by atoms with E-state index in [4.69, 9.17) is 5.73 Å². The van der Waals surface area contributed by atoms with Gasteiger partial charge < -0.3 is 16.2 Å². The second-order valence-electron chi connectivity index (χ2n) is 5.33. The summed E-state index contributed by atoms with van der Waals surface area (Å²) in [6.45, 7) is 2.18. The highest BCUT2D eigenvalue weighted by Gasteiger charge is 2.28. The van der Waals surface area contributed by atoms with Crippen LogP contribution in [0.4, 0.5) is 15.8 Å². The Labute approximate surface area is 107 Å². The van der Waals surface area contributed by atoms with E-state index in [-0.39, 0.29) is 5.82 Å². The van der Waals surface area contributed by atoms with Crippen LogP contribution in [0.2, 0.25) is 0 Å². The lowest BCUT2D eigenvalue weighted by Gasteiger charge is -2.32. The SMILES string of the molecule is Cc1cc(NCC2(O)CCCCC2)c(N)cc1F. The summed E-state index contributed by atoms with van der Waals surface area (Å²) in [4.78, 5) is 0. The molecule has 2 rings (SSSR count). The van der Waals surface area contributed by atoms with Crippen LogP contribution in [0.25, 0.3) is 0 Å². The first-order chi connectivity index (χ1) is 8.50. The van der Waals surface area contributed by atoms with Crippen molar-refractivity contribution < 1.29 is 9.50 Å². The first kappa shape index (κ1) is 13.1. The summed E-state index contributed by atoms with van der Waals surface area (Å²) in [5.74, 6) is -0.297. The molecule has 18 heavy (non-hydrogen) atoms. The van der Waals surface area contributed by atoms with Gasteiger partial charge in [0.25, 0.3) is 0 Å². The van der Waals surface area contributed by atoms with E-state index in [9.17, 15) is 9.50 Å². The molecule has 1 saturated carbocycles. The molecular formula is C14H21FN2O. The fourth-order valence-corrected chi connectivity index (χ4v) is 2.50. The average Bonchev–Trinajstić information content (AvgIpc) is 2.33. The second-order valence-corrected chi connectivity index (χ2v) is 5.33. The minimum atomic E-state index is -0.646. The van der Waals surface area contributed by atoms with Gasteiger partial charge in [0.05, 0.1) is 17.0 Å². The number of anilines is 2. The van der Waals surface area contributed by atoms with Crippen molar-refractivity contribution in [1.82, 2.24) is 0 Å². The fraction of sp³-hybridized carbons (Fsp3) is 0.571. The van der Waals surface area contributed by atoms with Crippen LogP contribution in [0.5, 0.6) is 0 Å². The van der Waals surface area contributed by atoms with Gasteiger partial charge in [-0.05, 0) is 37.5 Å². The number of aryl methyl sites for hydroxylation is 1. The Morgan fingerprint density at radius 3 is 2.67 bits per heavy atom. The van der Waals surface area contributed by atoms with Crippen molar-refractivity contribution in [2.75, 3.05) is 17.6 Å². The predicted octanol–water partition coefficient (Wildman–Crippen LogP) is 2.82. The molecule has 100 valence electrons. The normalized spacial score (nSPS) is 18.6. The zero-order valence-electron chi connectivity index (χ0n) is 10.8. The van der Waals surface area contributed by atoms with Crippen LogP contribution in [-0.2, 0) is 0 Å². The minimum absolute atomic E-state index is 0.297. The molecule has 1 aliphatic rings. The van der Waals surface area contributed by atoms with Gasteiger partial charge in [0, 0.05) is 6.54 Å². The molecule has 4 heteroatoms. The van der Waals surface area contributed by atoms with Gasteiger partial charge in [-0.15, -0.1) is 0 Å². The number of hydrogen-bond donors (Lipinski definition) is 3. The molecule has 0 aliphatic heterocycles. The van der Waals surface area contributed by atoms with E-state index < -0.39 is 5.60 Å². The van der Waals surface area contributed by atoms with Crippen molar-refractivity contribution in [3.05, 3.63) is 23.5 Å². The van der Waals surface area contributed by atoms with Gasteiger partial charge in [0.2, 0.25) is 0 Å². The first-order valence-corrected chi connectivity index (χ1v) is 6.52. The molecule has 0 saturated heterocycles. The van der Waals surface area contributed by atoms with E-state index >= 15 is 0 Å². The number of aliphatic hydroxyl groups is 1. The molecule has 1 aliphatic carbocycles. The van der Waals surface area contributed by atoms with E-state index in [1.165, 1.54) is 12.5 Å². The molecule has 0 spiro atoms. The predicted molar refractivity (Wildman–Crippen MR) is 72.1 cm³/mol. The van der Waals surface area contributed by atoms with Gasteiger partial charge in [-0.1, -0.05) is 19.3 Å². The quantitative estimate of drug-likeness (QED) is 0.725. The van der Waals surface area contributed by atoms with Gasteiger partial charge in [0.1, 0.15) is 5.82 Å². The summed E-state index contributed by atoms with van der Waals surface area (Å²) in [5, 5.41) is 13.5. The van der Waals surface area contributed by atoms with E-state index in [0.29, 0.717) is 23.5 Å². The molecule has 0 bridgehead atoms. The van der Waals surface area contributed by atoms with Crippen molar-refractivity contribution in [1.29, 1.82) is 0 Å². The van der Waals surface area contributed by atoms with Crippen LogP contribution < -0.4 is 11.1 Å². The maximum Gasteiger partial charge on any atom is 0.128 e. The molecule has 0 radical (unpaired) electrons. The molecule has 0 atom stereocenters. The Morgan fingerprint density at radius 1 is 1.33 bits per heavy atom. The van der Waals surface area contributed by atoms with Crippen LogP contribution in [0.15, 0.2) is 12.1 Å². The number of hydrogen-bond acceptors (Lipinski definition) is 3. The molecule has 0 aromatic heterocycles. The minimum Gasteiger partial charge on any atom is -0.397 e. The number of benzene rings is 1. The zero-order chi connectivity index (χ0) is 13.2. The topological polar surface area (TPSA) is 58.3 Å². The van der Waals surface area contributed by atoms with Gasteiger partial charge >= 0.3 is 0 Å². The summed E-state index contributed by atoms with van der Waals surface area (Å²) >= 11 is 0. The van der Waals surface area contributed by atoms with Crippen LogP contribution >= 0.6 is 0 Å². The zero-order valence-corrected chi connectivity index (χ0v) is 10.8. The molecule has 1 aromatic rings. The largest absolute Gasteiger partial charge is 0.397 e. The van der Waals surface area contributed by atoms with E-state index in [1.54, 1.807) is 13.0 Å². The maximum atomic E-state index is 13.3. The Bertz CT molecular complexity index is 428. The third-order valence-electron chi connectivity index (χ3n) is 3.72. The maximum absolute atomic E-state index is 13.3. The van der Waals surface area contributed by atoms with E-state index in [0.717, 1.165) is 25.7 Å². The number of nitrogen functional groups attached to an aromatic ring is 1. The lowest BCUT2D eigenvalue weighted by Crippen LogP contribution is -2.38. The Balaban J connectivity index is 2.03. The summed E-state index contributed by atoms with van der Waals surface area (Å²) in [6.07, 6.45) is 4.96. The third-order valence-corrected chi connectivity index (χ3v) is 3.72. The fourth-order valence-electron chi connectivity index (χ4n) is 2.50. The monoisotopic (exact) mass is 252 g/mol. The van der Waals surface area contributed by atoms with Gasteiger partial charge in [-0.2, -0.15) is 0 Å². The number of nitrogens with one attached hydrogen (secondary N) is 1. The summed E-state index contributed by atoms with van der Waals surface area (Å²) in [6, 6.07) is 3.01.